The van der Waals surface area contributed by atoms with Gasteiger partial charge in [0, 0.05) is 10.8 Å². The van der Waals surface area contributed by atoms with Crippen molar-refractivity contribution in [1.29, 1.82) is 0 Å². The average molecular weight is 890 g/mol. The molecule has 21 nitrogen and oxygen atoms in total. The van der Waals surface area contributed by atoms with Crippen LogP contribution >= 0.6 is 36.7 Å². The molecular weight excluding hydrogens is 868 g/mol. The van der Waals surface area contributed by atoms with Crippen molar-refractivity contribution < 1.29 is 163 Å². The molecule has 0 atom stereocenters. The molecule has 4 aromatic carbocycles. The zero-order valence-electron chi connectivity index (χ0n) is 28.7. The fraction of sp³-hybridized carbons (Fsp3) is 0.154. The van der Waals surface area contributed by atoms with Gasteiger partial charge in [-0.3, -0.25) is 23.5 Å². The Morgan fingerprint density at radius 2 is 1.13 bits per heavy atom. The Hall–Kier alpha value is -0.550. The Morgan fingerprint density at radius 1 is 0.636 bits per heavy atom. The van der Waals surface area contributed by atoms with Crippen molar-refractivity contribution in [3.63, 3.8) is 0 Å². The average Bonchev–Trinajstić information content (AvgIpc) is 3.13. The third kappa shape index (κ3) is 15.9. The maximum atomic E-state index is 12.7. The molecule has 0 saturated carbocycles. The molecule has 0 fully saturated rings. The van der Waals surface area contributed by atoms with Gasteiger partial charge in [-0.25, -0.2) is 16.8 Å². The monoisotopic (exact) mass is 889 g/mol. The van der Waals surface area contributed by atoms with E-state index in [4.69, 9.17) is 14.1 Å². The predicted octanol–water partition coefficient (Wildman–Crippen LogP) is -5.64. The number of anilines is 1. The van der Waals surface area contributed by atoms with Crippen molar-refractivity contribution in [2.24, 2.45) is 20.5 Å². The number of azo groups is 2. The molecule has 3 N–H and O–H groups in total. The Morgan fingerprint density at radius 3 is 1.62 bits per heavy atom. The first-order valence-corrected chi connectivity index (χ1v) is 19.1. The number of nitrogens with zero attached hydrogens (tertiary/aromatic N) is 4. The summed E-state index contributed by atoms with van der Waals surface area (Å²) in [5.74, 6) is -1.43. The van der Waals surface area contributed by atoms with Crippen molar-refractivity contribution in [3.05, 3.63) is 66.7 Å². The Kier molecular flexibility index (Phi) is 25.3. The maximum absolute atomic E-state index is 12.7. The van der Waals surface area contributed by atoms with Crippen LogP contribution in [0.5, 0.6) is 5.75 Å². The molecule has 0 radical (unpaired) electrons. The van der Waals surface area contributed by atoms with E-state index in [1.165, 1.54) is 66.7 Å². The van der Waals surface area contributed by atoms with Crippen molar-refractivity contribution in [2.75, 3.05) is 30.5 Å². The quantitative estimate of drug-likeness (QED) is 0.0150. The molecule has 0 aliphatic rings. The summed E-state index contributed by atoms with van der Waals surface area (Å²) in [7, 11) is -7.74. The van der Waals surface area contributed by atoms with E-state index >= 15 is 0 Å². The number of hydrogen-bond acceptors (Lipinski definition) is 24. The van der Waals surface area contributed by atoms with Crippen molar-refractivity contribution >= 4 is 95.6 Å². The number of nitrogens with two attached hydrogens (primary N) is 1. The van der Waals surface area contributed by atoms with Crippen molar-refractivity contribution in [1.82, 2.24) is 0 Å². The summed E-state index contributed by atoms with van der Waals surface area (Å²) < 4.78 is 72.7. The van der Waals surface area contributed by atoms with Gasteiger partial charge in [0.05, 0.1) is 68.5 Å². The van der Waals surface area contributed by atoms with E-state index in [9.17, 15) is 37.7 Å². The summed E-state index contributed by atoms with van der Waals surface area (Å²) in [5, 5.41) is 68.0. The number of nitrogen functional groups attached to an aromatic ring is 1. The molecule has 0 heterocycles. The normalized spacial score (nSPS) is 11.8. The van der Waals surface area contributed by atoms with Crippen molar-refractivity contribution in [2.45, 2.75) is 14.7 Å². The minimum Gasteiger partial charge on any atom is -0.691 e. The molecule has 280 valence electrons. The molecule has 0 bridgehead atoms. The second-order valence-corrected chi connectivity index (χ2v) is 15.5. The molecule has 4 aromatic rings. The summed E-state index contributed by atoms with van der Waals surface area (Å²) in [4.78, 5) is -0.270. The van der Waals surface area contributed by atoms with Crippen LogP contribution in [0.1, 0.15) is 0 Å². The molecule has 0 amide bonds. The number of aromatic hydroxyl groups is 1. The first kappa shape index (κ1) is 52.5. The van der Waals surface area contributed by atoms with Gasteiger partial charge >= 0.3 is 88.7 Å². The van der Waals surface area contributed by atoms with Gasteiger partial charge in [0.2, 0.25) is 0 Å². The molecule has 0 aromatic heterocycles. The number of rotatable bonds is 21. The minimum atomic E-state index is -3.88. The zero-order chi connectivity index (χ0) is 37.6. The minimum absolute atomic E-state index is 0. The number of phenolic OH excluding ortho intramolecular Hbond substituents is 1. The van der Waals surface area contributed by atoms with Crippen LogP contribution in [-0.4, -0.2) is 46.7 Å². The van der Waals surface area contributed by atoms with Gasteiger partial charge in [0.15, 0.2) is 50.1 Å². The summed E-state index contributed by atoms with van der Waals surface area (Å²) in [6, 6.07) is 15.1. The van der Waals surface area contributed by atoms with Gasteiger partial charge < -0.3 is 26.6 Å². The Bertz CT molecular complexity index is 2130. The van der Waals surface area contributed by atoms with Crippen LogP contribution in [0.4, 0.5) is 28.4 Å². The van der Waals surface area contributed by atoms with Crippen LogP contribution in [0.2, 0.25) is 0 Å². The fourth-order valence-corrected chi connectivity index (χ4v) is 7.46. The Labute approximate surface area is 391 Å². The zero-order valence-corrected chi connectivity index (χ0v) is 38.7. The van der Waals surface area contributed by atoms with E-state index in [2.05, 4.69) is 48.6 Å². The fourth-order valence-electron chi connectivity index (χ4n) is 4.09. The molecule has 0 spiro atoms. The molecule has 0 unspecified atom stereocenters. The largest absolute Gasteiger partial charge is 1.00 e. The van der Waals surface area contributed by atoms with Gasteiger partial charge in [0.25, 0.3) is 0 Å². The SMILES string of the molecule is Nc1ccc2c(O)c(N=Nc3cccc(S(=O)(=O)CCOSOO[O-])c3)c(SOO[O-])cc2c1N=Nc1cccc(S(=O)(=O)CCOSOO[O-])c1.[Na+].[Na+].[Na+]. The number of sulfone groups is 2. The summed E-state index contributed by atoms with van der Waals surface area (Å²) in [5.41, 5.74) is 6.28. The van der Waals surface area contributed by atoms with Gasteiger partial charge in [-0.05, 0) is 54.6 Å². The second-order valence-electron chi connectivity index (χ2n) is 9.47. The van der Waals surface area contributed by atoms with E-state index in [-0.39, 0.29) is 180 Å². The first-order chi connectivity index (χ1) is 25.0. The third-order valence-electron chi connectivity index (χ3n) is 6.35. The van der Waals surface area contributed by atoms with Crippen LogP contribution in [-0.2, 0) is 56.2 Å². The number of phenols is 1. The second kappa shape index (κ2) is 26.5. The molecule has 0 aliphatic heterocycles. The Balaban J connectivity index is 0.00000504. The summed E-state index contributed by atoms with van der Waals surface area (Å²) >= 11 is 0.693. The predicted molar refractivity (Wildman–Crippen MR) is 175 cm³/mol. The molecule has 0 aliphatic carbocycles. The smallest absolute Gasteiger partial charge is 0.691 e. The topological polar surface area (TPSA) is 307 Å². The number of benzene rings is 4. The van der Waals surface area contributed by atoms with Crippen LogP contribution in [0.15, 0.2) is 102 Å². The van der Waals surface area contributed by atoms with E-state index in [1.54, 1.807) is 0 Å². The van der Waals surface area contributed by atoms with E-state index in [0.717, 1.165) is 0 Å². The van der Waals surface area contributed by atoms with Crippen LogP contribution < -0.4 is 110 Å². The molecular formula is C26H22N5Na3O16S5. The van der Waals surface area contributed by atoms with E-state index in [1.807, 2.05) is 0 Å². The van der Waals surface area contributed by atoms with Gasteiger partial charge in [0.1, 0.15) is 11.4 Å². The number of hydrogen-bond donors (Lipinski definition) is 2. The maximum Gasteiger partial charge on any atom is 1.00 e. The molecule has 0 saturated heterocycles. The van der Waals surface area contributed by atoms with E-state index < -0.39 is 36.9 Å². The van der Waals surface area contributed by atoms with Crippen LogP contribution in [0.25, 0.3) is 10.8 Å². The summed E-state index contributed by atoms with van der Waals surface area (Å²) in [6.07, 6.45) is 0. The van der Waals surface area contributed by atoms with Gasteiger partial charge in [-0.15, -0.1) is 18.9 Å². The van der Waals surface area contributed by atoms with Crippen LogP contribution in [0, 0.1) is 0 Å². The molecule has 55 heavy (non-hydrogen) atoms. The third-order valence-corrected chi connectivity index (χ3v) is 11.1. The standard InChI is InChI=1S/C26H25N5O16S5.3Na/c27-22-8-7-20-21(24(22)30-28-16-3-1-5-18(13-16)51(36,37)11-9-40-49-46-43-34)15-23(48-45-42-33)25(26(20)32)31-29-17-4-2-6-19(14-17)52(38,39)12-10-41-50-47-44-35;;;/h1-8,13-15,32-35H,9-12,27H2;;;/q;3*+1/p-3. The molecule has 29 heteroatoms. The summed E-state index contributed by atoms with van der Waals surface area (Å²) in [6.45, 7) is -0.673. The van der Waals surface area contributed by atoms with E-state index in [0.29, 0.717) is 12.0 Å². The first-order valence-electron chi connectivity index (χ1n) is 13.7. The van der Waals surface area contributed by atoms with Gasteiger partial charge in [-0.1, -0.05) is 12.1 Å². The molecule has 4 rings (SSSR count). The van der Waals surface area contributed by atoms with Gasteiger partial charge in [-0.2, -0.15) is 14.6 Å². The van der Waals surface area contributed by atoms with Crippen molar-refractivity contribution in [3.8, 4) is 5.75 Å². The number of fused-ring (bicyclic) bond motifs is 1. The van der Waals surface area contributed by atoms with Crippen LogP contribution in [0.3, 0.4) is 0 Å².